The van der Waals surface area contributed by atoms with Gasteiger partial charge in [-0.05, 0) is 18.6 Å². The Balaban J connectivity index is 1.95. The van der Waals surface area contributed by atoms with Gasteiger partial charge in [-0.15, -0.1) is 0 Å². The van der Waals surface area contributed by atoms with Gasteiger partial charge in [0.1, 0.15) is 11.5 Å². The van der Waals surface area contributed by atoms with Crippen molar-refractivity contribution >= 4 is 23.4 Å². The quantitative estimate of drug-likeness (QED) is 0.524. The lowest BCUT2D eigenvalue weighted by atomic mass is 9.84. The van der Waals surface area contributed by atoms with Crippen molar-refractivity contribution in [3.05, 3.63) is 57.9 Å². The molecule has 1 aliphatic heterocycles. The third-order valence-corrected chi connectivity index (χ3v) is 5.14. The number of alkyl halides is 3. The molecule has 12 heteroatoms. The van der Waals surface area contributed by atoms with Crippen molar-refractivity contribution in [2.45, 2.75) is 44.2 Å². The molecule has 31 heavy (non-hydrogen) atoms. The number of ether oxygens (including phenoxy) is 1. The van der Waals surface area contributed by atoms with E-state index in [2.05, 4.69) is 19.7 Å². The maximum absolute atomic E-state index is 14.5. The highest BCUT2D eigenvalue weighted by Gasteiger charge is 2.50. The summed E-state index contributed by atoms with van der Waals surface area (Å²) in [4.78, 5) is 24.2. The first-order valence-electron chi connectivity index (χ1n) is 8.95. The molecule has 3 rings (SSSR count). The van der Waals surface area contributed by atoms with Crippen LogP contribution in [-0.2, 0) is 23.3 Å². The normalized spacial score (nSPS) is 21.4. The van der Waals surface area contributed by atoms with Gasteiger partial charge in [-0.1, -0.05) is 17.7 Å². The van der Waals surface area contributed by atoms with Crippen LogP contribution in [0.2, 0.25) is 5.02 Å². The van der Waals surface area contributed by atoms with Crippen LogP contribution in [0.4, 0.5) is 17.6 Å². The Labute approximate surface area is 178 Å². The molecule has 0 saturated carbocycles. The van der Waals surface area contributed by atoms with Gasteiger partial charge in [-0.2, -0.15) is 13.2 Å². The summed E-state index contributed by atoms with van der Waals surface area (Å²) < 4.78 is 58.8. The number of benzene rings is 1. The van der Waals surface area contributed by atoms with E-state index in [0.29, 0.717) is 0 Å². The van der Waals surface area contributed by atoms with Crippen molar-refractivity contribution in [2.24, 2.45) is 10.7 Å². The maximum atomic E-state index is 14.5. The Morgan fingerprint density at radius 1 is 1.35 bits per heavy atom. The van der Waals surface area contributed by atoms with E-state index in [0.717, 1.165) is 6.07 Å². The Morgan fingerprint density at radius 2 is 2.06 bits per heavy atom. The van der Waals surface area contributed by atoms with E-state index in [-0.39, 0.29) is 35.5 Å². The number of amidine groups is 1. The van der Waals surface area contributed by atoms with E-state index in [9.17, 15) is 22.4 Å². The molecule has 0 saturated heterocycles. The van der Waals surface area contributed by atoms with Gasteiger partial charge < -0.3 is 15.6 Å². The first-order valence-corrected chi connectivity index (χ1v) is 9.33. The number of halogens is 5. The molecule has 0 radical (unpaired) electrons. The summed E-state index contributed by atoms with van der Waals surface area (Å²) in [6.45, 7) is 0.977. The topological polar surface area (TPSA) is 111 Å². The lowest BCUT2D eigenvalue weighted by Gasteiger charge is -2.36. The number of hydrogen-bond donors (Lipinski definition) is 2. The van der Waals surface area contributed by atoms with Gasteiger partial charge in [-0.3, -0.25) is 9.78 Å². The molecule has 0 unspecified atom stereocenters. The van der Waals surface area contributed by atoms with Gasteiger partial charge in [0.25, 0.3) is 6.02 Å². The number of aromatic nitrogens is 2. The van der Waals surface area contributed by atoms with Gasteiger partial charge in [0.05, 0.1) is 35.3 Å². The monoisotopic (exact) mass is 460 g/mol. The number of nitrogens with zero attached hydrogens (tertiary/aromatic N) is 3. The smallest absolute Gasteiger partial charge is 0.425 e. The molecule has 166 valence electrons. The molecular weight excluding hydrogens is 444 g/mol. The summed E-state index contributed by atoms with van der Waals surface area (Å²) >= 11 is 6.05. The van der Waals surface area contributed by atoms with Crippen LogP contribution in [-0.4, -0.2) is 39.2 Å². The minimum absolute atomic E-state index is 0.0224. The van der Waals surface area contributed by atoms with Crippen molar-refractivity contribution in [3.63, 3.8) is 0 Å². The summed E-state index contributed by atoms with van der Waals surface area (Å²) in [6.07, 6.45) is -5.58. The number of rotatable bonds is 5. The van der Waals surface area contributed by atoms with Gasteiger partial charge in [0.15, 0.2) is 11.9 Å². The molecule has 2 atom stereocenters. The molecule has 0 bridgehead atoms. The van der Waals surface area contributed by atoms with Crippen molar-refractivity contribution < 1.29 is 32.2 Å². The molecule has 1 aliphatic rings. The van der Waals surface area contributed by atoms with Crippen molar-refractivity contribution in [1.29, 1.82) is 0 Å². The first-order chi connectivity index (χ1) is 14.4. The lowest BCUT2D eigenvalue weighted by Crippen LogP contribution is -2.46. The number of nitrogens with two attached hydrogens (primary N) is 1. The SMILES string of the molecule is C[C@@]1(c2cc(CC(=O)c3cnc(CO)cn3)cc(F)c2Cl)C[C@@H](C(F)(F)F)OC(N)=N1. The maximum Gasteiger partial charge on any atom is 0.425 e. The van der Waals surface area contributed by atoms with Gasteiger partial charge in [0, 0.05) is 18.4 Å². The fourth-order valence-corrected chi connectivity index (χ4v) is 3.52. The van der Waals surface area contributed by atoms with Crippen LogP contribution in [0, 0.1) is 5.82 Å². The number of carbonyl (C=O) groups excluding carboxylic acids is 1. The van der Waals surface area contributed by atoms with Crippen LogP contribution < -0.4 is 5.73 Å². The molecule has 2 aromatic rings. The van der Waals surface area contributed by atoms with Crippen LogP contribution in [0.15, 0.2) is 29.5 Å². The van der Waals surface area contributed by atoms with E-state index < -0.39 is 46.9 Å². The molecule has 0 amide bonds. The zero-order chi connectivity index (χ0) is 23.0. The number of aliphatic hydroxyl groups excluding tert-OH is 1. The van der Waals surface area contributed by atoms with E-state index in [1.54, 1.807) is 0 Å². The average Bonchev–Trinajstić information content (AvgIpc) is 2.69. The Kier molecular flexibility index (Phi) is 6.19. The predicted molar refractivity (Wildman–Crippen MR) is 102 cm³/mol. The van der Waals surface area contributed by atoms with E-state index in [1.165, 1.54) is 25.4 Å². The third kappa shape index (κ3) is 4.93. The highest BCUT2D eigenvalue weighted by atomic mass is 35.5. The van der Waals surface area contributed by atoms with Gasteiger partial charge in [0.2, 0.25) is 0 Å². The number of hydrogen-bond acceptors (Lipinski definition) is 7. The molecule has 7 nitrogen and oxygen atoms in total. The second-order valence-corrected chi connectivity index (χ2v) is 7.54. The standard InChI is InChI=1S/C19H17ClF4N4O3/c1-18(5-15(19(22,23)24)31-17(25)28-18)11-2-9(3-12(21)16(11)20)4-14(30)13-7-26-10(8-29)6-27-13/h2-3,6-7,15,29H,4-5,8H2,1H3,(H2,25,28)/t15-,18-/m0/s1. The second-order valence-electron chi connectivity index (χ2n) is 7.17. The zero-order valence-electron chi connectivity index (χ0n) is 16.1. The zero-order valence-corrected chi connectivity index (χ0v) is 16.8. The van der Waals surface area contributed by atoms with Gasteiger partial charge >= 0.3 is 6.18 Å². The molecule has 1 aromatic carbocycles. The average molecular weight is 461 g/mol. The molecule has 0 fully saturated rings. The fraction of sp³-hybridized carbons (Fsp3) is 0.368. The molecule has 0 aliphatic carbocycles. The largest absolute Gasteiger partial charge is 0.452 e. The second kappa shape index (κ2) is 8.39. The Bertz CT molecular complexity index is 1030. The van der Waals surface area contributed by atoms with Crippen molar-refractivity contribution in [3.8, 4) is 0 Å². The summed E-state index contributed by atoms with van der Waals surface area (Å²) in [7, 11) is 0. The van der Waals surface area contributed by atoms with Crippen LogP contribution in [0.1, 0.15) is 40.7 Å². The Morgan fingerprint density at radius 3 is 2.65 bits per heavy atom. The molecule has 1 aromatic heterocycles. The number of aliphatic hydroxyl groups is 1. The minimum atomic E-state index is -4.72. The van der Waals surface area contributed by atoms with E-state index >= 15 is 0 Å². The van der Waals surface area contributed by atoms with E-state index in [4.69, 9.17) is 22.4 Å². The highest BCUT2D eigenvalue weighted by Crippen LogP contribution is 2.43. The minimum Gasteiger partial charge on any atom is -0.452 e. The van der Waals surface area contributed by atoms with Crippen LogP contribution >= 0.6 is 11.6 Å². The van der Waals surface area contributed by atoms with Crippen molar-refractivity contribution in [1.82, 2.24) is 9.97 Å². The predicted octanol–water partition coefficient (Wildman–Crippen LogP) is 3.07. The number of ketones is 1. The van der Waals surface area contributed by atoms with Crippen LogP contribution in [0.3, 0.4) is 0 Å². The van der Waals surface area contributed by atoms with Crippen molar-refractivity contribution in [2.75, 3.05) is 0 Å². The fourth-order valence-electron chi connectivity index (χ4n) is 3.21. The summed E-state index contributed by atoms with van der Waals surface area (Å²) in [5, 5.41) is 8.56. The number of carbonyl (C=O) groups is 1. The number of Topliss-reactive ketones (excluding diaryl/α,β-unsaturated/α-hetero) is 1. The third-order valence-electron chi connectivity index (χ3n) is 4.75. The van der Waals surface area contributed by atoms with E-state index in [1.807, 2.05) is 0 Å². The molecule has 3 N–H and O–H groups in total. The Hall–Kier alpha value is -2.79. The molecule has 0 spiro atoms. The molecule has 2 heterocycles. The number of aliphatic imine (C=N–C) groups is 1. The summed E-state index contributed by atoms with van der Waals surface area (Å²) in [5.41, 5.74) is 4.14. The van der Waals surface area contributed by atoms with Gasteiger partial charge in [-0.25, -0.2) is 14.4 Å². The van der Waals surface area contributed by atoms with Crippen LogP contribution in [0.5, 0.6) is 0 Å². The highest BCUT2D eigenvalue weighted by molar-refractivity contribution is 6.31. The summed E-state index contributed by atoms with van der Waals surface area (Å²) in [6, 6.07) is 1.62. The lowest BCUT2D eigenvalue weighted by molar-refractivity contribution is -0.208. The molecular formula is C19H17ClF4N4O3. The first kappa shape index (κ1) is 22.9. The summed E-state index contributed by atoms with van der Waals surface area (Å²) in [5.74, 6) is -1.44. The van der Waals surface area contributed by atoms with Crippen LogP contribution in [0.25, 0.3) is 0 Å².